The van der Waals surface area contributed by atoms with Gasteiger partial charge in [-0.05, 0) is 30.3 Å². The number of amides is 1. The van der Waals surface area contributed by atoms with Gasteiger partial charge in [-0.25, -0.2) is 9.37 Å². The fourth-order valence-electron chi connectivity index (χ4n) is 3.15. The fraction of sp³-hybridized carbons (Fsp3) is 0.136. The van der Waals surface area contributed by atoms with Crippen LogP contribution in [0.3, 0.4) is 0 Å². The lowest BCUT2D eigenvalue weighted by molar-refractivity contribution is -0.115. The predicted octanol–water partition coefficient (Wildman–Crippen LogP) is 4.64. The van der Waals surface area contributed by atoms with Gasteiger partial charge in [0.1, 0.15) is 23.1 Å². The number of hydrogen-bond acceptors (Lipinski definition) is 5. The number of benzene rings is 2. The van der Waals surface area contributed by atoms with E-state index in [4.69, 9.17) is 16.3 Å². The van der Waals surface area contributed by atoms with E-state index in [1.807, 2.05) is 28.7 Å². The zero-order valence-corrected chi connectivity index (χ0v) is 17.4. The van der Waals surface area contributed by atoms with E-state index in [1.165, 1.54) is 18.2 Å². The first-order valence-electron chi connectivity index (χ1n) is 9.50. The van der Waals surface area contributed by atoms with Crippen molar-refractivity contribution in [3.8, 4) is 17.0 Å². The number of imidazole rings is 1. The molecule has 0 atom stereocenters. The van der Waals surface area contributed by atoms with Crippen molar-refractivity contribution in [2.75, 3.05) is 24.3 Å². The summed E-state index contributed by atoms with van der Waals surface area (Å²) in [5, 5.41) is 6.18. The van der Waals surface area contributed by atoms with Gasteiger partial charge in [-0.1, -0.05) is 23.7 Å². The normalized spacial score (nSPS) is 10.8. The van der Waals surface area contributed by atoms with Crippen molar-refractivity contribution in [2.45, 2.75) is 6.42 Å². The Bertz CT molecular complexity index is 1240. The Labute approximate surface area is 182 Å². The van der Waals surface area contributed by atoms with E-state index in [0.29, 0.717) is 23.6 Å². The molecule has 2 aromatic heterocycles. The van der Waals surface area contributed by atoms with Gasteiger partial charge in [0.15, 0.2) is 5.65 Å². The lowest BCUT2D eigenvalue weighted by Gasteiger charge is -2.10. The number of carbonyl (C=O) groups excluding carboxylic acids is 1. The van der Waals surface area contributed by atoms with Crippen molar-refractivity contribution in [3.05, 3.63) is 71.9 Å². The molecule has 0 spiro atoms. The van der Waals surface area contributed by atoms with E-state index in [1.54, 1.807) is 25.7 Å². The third-order valence-electron chi connectivity index (χ3n) is 4.62. The summed E-state index contributed by atoms with van der Waals surface area (Å²) in [6.07, 6.45) is 5.25. The van der Waals surface area contributed by atoms with Crippen molar-refractivity contribution in [1.82, 2.24) is 14.4 Å². The molecule has 0 unspecified atom stereocenters. The average molecular weight is 440 g/mol. The largest absolute Gasteiger partial charge is 0.497 e. The molecular formula is C22H19ClFN5O2. The molecule has 2 N–H and O–H groups in total. The maximum Gasteiger partial charge on any atom is 0.226 e. The molecule has 0 saturated heterocycles. The summed E-state index contributed by atoms with van der Waals surface area (Å²) in [5.74, 6) is 0.672. The van der Waals surface area contributed by atoms with E-state index < -0.39 is 5.82 Å². The molecule has 2 heterocycles. The van der Waals surface area contributed by atoms with E-state index in [2.05, 4.69) is 20.6 Å². The molecule has 9 heteroatoms. The van der Waals surface area contributed by atoms with Gasteiger partial charge in [0.25, 0.3) is 0 Å². The molecule has 0 aliphatic heterocycles. The number of methoxy groups -OCH3 is 1. The predicted molar refractivity (Wildman–Crippen MR) is 118 cm³/mol. The minimum absolute atomic E-state index is 0.142. The molecule has 0 radical (unpaired) electrons. The number of fused-ring (bicyclic) bond motifs is 1. The van der Waals surface area contributed by atoms with Gasteiger partial charge in [-0.2, -0.15) is 0 Å². The van der Waals surface area contributed by atoms with E-state index >= 15 is 0 Å². The first-order chi connectivity index (χ1) is 15.0. The molecule has 0 fully saturated rings. The molecular weight excluding hydrogens is 421 g/mol. The zero-order valence-electron chi connectivity index (χ0n) is 16.6. The molecule has 4 rings (SSSR count). The van der Waals surface area contributed by atoms with Gasteiger partial charge in [-0.3, -0.25) is 14.2 Å². The van der Waals surface area contributed by atoms with Crippen molar-refractivity contribution >= 4 is 34.7 Å². The van der Waals surface area contributed by atoms with Crippen molar-refractivity contribution in [3.63, 3.8) is 0 Å². The number of nitrogens with zero attached hydrogens (tertiary/aromatic N) is 3. The molecule has 0 aliphatic carbocycles. The summed E-state index contributed by atoms with van der Waals surface area (Å²) in [4.78, 5) is 21.1. The van der Waals surface area contributed by atoms with Crippen LogP contribution in [-0.4, -0.2) is 33.9 Å². The Balaban J connectivity index is 1.52. The van der Waals surface area contributed by atoms with Gasteiger partial charge in [-0.15, -0.1) is 0 Å². The van der Waals surface area contributed by atoms with Crippen LogP contribution >= 0.6 is 11.6 Å². The Hall–Kier alpha value is -3.65. The third-order valence-corrected chi connectivity index (χ3v) is 4.95. The molecule has 2 aromatic carbocycles. The van der Waals surface area contributed by atoms with Crippen LogP contribution in [0.5, 0.6) is 5.75 Å². The Kier molecular flexibility index (Phi) is 5.99. The summed E-state index contributed by atoms with van der Waals surface area (Å²) in [7, 11) is 1.61. The quantitative estimate of drug-likeness (QED) is 0.438. The van der Waals surface area contributed by atoms with Crippen LogP contribution in [0.15, 0.2) is 61.1 Å². The van der Waals surface area contributed by atoms with Gasteiger partial charge in [0.05, 0.1) is 24.0 Å². The molecule has 1 amide bonds. The average Bonchev–Trinajstić information content (AvgIpc) is 3.15. The van der Waals surface area contributed by atoms with Crippen LogP contribution in [0.4, 0.5) is 15.9 Å². The minimum atomic E-state index is -0.472. The summed E-state index contributed by atoms with van der Waals surface area (Å²) >= 11 is 6.01. The number of ether oxygens (including phenoxy) is 1. The van der Waals surface area contributed by atoms with Crippen molar-refractivity contribution < 1.29 is 13.9 Å². The van der Waals surface area contributed by atoms with Crippen molar-refractivity contribution in [1.29, 1.82) is 0 Å². The highest BCUT2D eigenvalue weighted by Gasteiger charge is 2.15. The highest BCUT2D eigenvalue weighted by molar-refractivity contribution is 6.33. The summed E-state index contributed by atoms with van der Waals surface area (Å²) < 4.78 is 20.6. The highest BCUT2D eigenvalue weighted by atomic mass is 35.5. The number of halogens is 2. The first kappa shape index (κ1) is 20.6. The summed E-state index contributed by atoms with van der Waals surface area (Å²) in [5.41, 5.74) is 2.48. The van der Waals surface area contributed by atoms with Crippen molar-refractivity contribution in [2.24, 2.45) is 0 Å². The maximum absolute atomic E-state index is 13.4. The molecule has 7 nitrogen and oxygen atoms in total. The Morgan fingerprint density at radius 2 is 2.13 bits per heavy atom. The first-order valence-corrected chi connectivity index (χ1v) is 9.88. The molecule has 0 bridgehead atoms. The maximum atomic E-state index is 13.4. The second-order valence-electron chi connectivity index (χ2n) is 6.69. The smallest absolute Gasteiger partial charge is 0.226 e. The highest BCUT2D eigenvalue weighted by Crippen LogP contribution is 2.30. The molecule has 4 aromatic rings. The molecule has 31 heavy (non-hydrogen) atoms. The van der Waals surface area contributed by atoms with Crippen LogP contribution in [0, 0.1) is 5.82 Å². The Morgan fingerprint density at radius 3 is 2.97 bits per heavy atom. The van der Waals surface area contributed by atoms with Crippen LogP contribution in [-0.2, 0) is 4.79 Å². The monoisotopic (exact) mass is 439 g/mol. The molecule has 0 saturated carbocycles. The van der Waals surface area contributed by atoms with Crippen LogP contribution in [0.2, 0.25) is 5.02 Å². The molecule has 158 valence electrons. The van der Waals surface area contributed by atoms with Gasteiger partial charge in [0.2, 0.25) is 5.91 Å². The zero-order chi connectivity index (χ0) is 21.8. The Morgan fingerprint density at radius 1 is 1.26 bits per heavy atom. The van der Waals surface area contributed by atoms with E-state index in [-0.39, 0.29) is 23.0 Å². The number of carbonyl (C=O) groups is 1. The second kappa shape index (κ2) is 9.01. The molecule has 0 aliphatic rings. The lowest BCUT2D eigenvalue weighted by Crippen LogP contribution is -2.17. The fourth-order valence-corrected chi connectivity index (χ4v) is 3.31. The SMILES string of the molecule is COc1cccc(-c2nc3cnccn3c2NCCC(=O)Nc2cc(F)ccc2Cl)c1. The van der Waals surface area contributed by atoms with Crippen LogP contribution < -0.4 is 15.4 Å². The topological polar surface area (TPSA) is 80.6 Å². The number of anilines is 2. The number of rotatable bonds is 7. The summed E-state index contributed by atoms with van der Waals surface area (Å²) in [6, 6.07) is 11.4. The number of nitrogens with one attached hydrogen (secondary N) is 2. The van der Waals surface area contributed by atoms with Gasteiger partial charge >= 0.3 is 0 Å². The standard InChI is InChI=1S/C22H19ClFN5O2/c1-31-16-4-2-3-14(11-16)21-22(29-10-9-25-13-19(29)28-21)26-8-7-20(30)27-18-12-15(24)5-6-17(18)23/h2-6,9-13,26H,7-8H2,1H3,(H,27,30). The second-order valence-corrected chi connectivity index (χ2v) is 7.10. The number of hydrogen-bond donors (Lipinski definition) is 2. The minimum Gasteiger partial charge on any atom is -0.497 e. The third kappa shape index (κ3) is 4.59. The summed E-state index contributed by atoms with van der Waals surface area (Å²) in [6.45, 7) is 0.325. The number of aromatic nitrogens is 3. The van der Waals surface area contributed by atoms with Gasteiger partial charge in [0, 0.05) is 30.9 Å². The van der Waals surface area contributed by atoms with Crippen LogP contribution in [0.25, 0.3) is 16.9 Å². The van der Waals surface area contributed by atoms with Gasteiger partial charge < -0.3 is 15.4 Å². The van der Waals surface area contributed by atoms with E-state index in [9.17, 15) is 9.18 Å². The van der Waals surface area contributed by atoms with E-state index in [0.717, 1.165) is 11.4 Å². The van der Waals surface area contributed by atoms with Crippen LogP contribution in [0.1, 0.15) is 6.42 Å². The lowest BCUT2D eigenvalue weighted by atomic mass is 10.1.